The minimum atomic E-state index is -1.40. The number of fused-ring (bicyclic) bond motifs is 8. The van der Waals surface area contributed by atoms with Crippen LogP contribution in [0.1, 0.15) is 64.2 Å². The van der Waals surface area contributed by atoms with Crippen LogP contribution in [0, 0.1) is 0 Å². The van der Waals surface area contributed by atoms with Crippen LogP contribution < -0.4 is 0 Å². The van der Waals surface area contributed by atoms with Crippen LogP contribution in [0.15, 0.2) is 24.3 Å². The van der Waals surface area contributed by atoms with Gasteiger partial charge in [0.25, 0.3) is 0 Å². The van der Waals surface area contributed by atoms with E-state index >= 15 is 0 Å². The second kappa shape index (κ2) is 9.28. The second-order valence-electron chi connectivity index (χ2n) is 7.72. The standard InChI is InChI=1S/C24H14N4O8.Zn/c29-21(30)17-9-1-2-10(25-9)18(22(31)32)12-5-6-14(27-12)20(24(35)36)16-8-7-15(28-16)19(23(33)34)13-4-3-11(17)26-13;/h1-8,25-26H,(H,29,30)(H,31,32)(H,33,34)(H,35,36);. The van der Waals surface area contributed by atoms with E-state index in [4.69, 9.17) is 0 Å². The van der Waals surface area contributed by atoms with E-state index in [2.05, 4.69) is 19.9 Å². The first-order valence-corrected chi connectivity index (χ1v) is 10.2. The maximum absolute atomic E-state index is 12.1. The molecule has 37 heavy (non-hydrogen) atoms. The fourth-order valence-corrected chi connectivity index (χ4v) is 4.11. The number of carboxylic acids is 4. The Kier molecular flexibility index (Phi) is 6.32. The molecule has 3 aromatic rings. The van der Waals surface area contributed by atoms with Gasteiger partial charge in [0, 0.05) is 19.5 Å². The molecule has 3 aromatic heterocycles. The molecular weight excluding hydrogens is 538 g/mol. The summed E-state index contributed by atoms with van der Waals surface area (Å²) in [5.41, 5.74) is -1.38. The van der Waals surface area contributed by atoms with Gasteiger partial charge in [-0.2, -0.15) is 0 Å². The summed E-state index contributed by atoms with van der Waals surface area (Å²) >= 11 is 0. The van der Waals surface area contributed by atoms with Crippen LogP contribution in [0.25, 0.3) is 46.4 Å². The van der Waals surface area contributed by atoms with Crippen LogP contribution in [0.2, 0.25) is 0 Å². The summed E-state index contributed by atoms with van der Waals surface area (Å²) in [5, 5.41) is 39.5. The predicted molar refractivity (Wildman–Crippen MR) is 127 cm³/mol. The molecule has 2 aliphatic heterocycles. The Morgan fingerprint density at radius 3 is 1.05 bits per heavy atom. The molecule has 0 radical (unpaired) electrons. The van der Waals surface area contributed by atoms with Crippen molar-refractivity contribution in [3.8, 4) is 0 Å². The number of rotatable bonds is 4. The Morgan fingerprint density at radius 1 is 0.486 bits per heavy atom. The van der Waals surface area contributed by atoms with E-state index in [1.165, 1.54) is 48.6 Å². The van der Waals surface area contributed by atoms with Gasteiger partial charge < -0.3 is 30.4 Å². The van der Waals surface area contributed by atoms with Gasteiger partial charge in [0.15, 0.2) is 0 Å². The van der Waals surface area contributed by atoms with Crippen molar-refractivity contribution in [1.29, 1.82) is 0 Å². The summed E-state index contributed by atoms with van der Waals surface area (Å²) in [4.78, 5) is 62.4. The zero-order valence-electron chi connectivity index (χ0n) is 18.6. The number of aromatic amines is 2. The Labute approximate surface area is 218 Å². The first-order valence-electron chi connectivity index (χ1n) is 10.2. The number of hydrogen-bond donors (Lipinski definition) is 6. The summed E-state index contributed by atoms with van der Waals surface area (Å²) in [6.45, 7) is 0. The summed E-state index contributed by atoms with van der Waals surface area (Å²) < 4.78 is 0. The molecule has 5 rings (SSSR count). The molecule has 12 nitrogen and oxygen atoms in total. The molecule has 180 valence electrons. The van der Waals surface area contributed by atoms with Crippen molar-refractivity contribution in [3.63, 3.8) is 0 Å². The Morgan fingerprint density at radius 2 is 0.757 bits per heavy atom. The maximum atomic E-state index is 12.1. The van der Waals surface area contributed by atoms with Crippen molar-refractivity contribution in [2.24, 2.45) is 0 Å². The SMILES string of the molecule is O=C(O)c1c2nc(c(C(=O)O)c3ccc([nH]3)c(C(=O)O)c3ccc([nH]3)c(C(=O)O)c3nc1C=C3)C=C2.[Zn]. The minimum absolute atomic E-state index is 0. The third kappa shape index (κ3) is 4.21. The van der Waals surface area contributed by atoms with Crippen molar-refractivity contribution in [1.82, 2.24) is 19.9 Å². The normalized spacial score (nSPS) is 11.7. The van der Waals surface area contributed by atoms with E-state index in [1.807, 2.05) is 0 Å². The first kappa shape index (κ1) is 25.2. The number of nitrogens with zero attached hydrogens (tertiary/aromatic N) is 2. The molecule has 0 unspecified atom stereocenters. The van der Waals surface area contributed by atoms with Gasteiger partial charge in [0.1, 0.15) is 22.3 Å². The average Bonchev–Trinajstić information content (AvgIpc) is 3.57. The van der Waals surface area contributed by atoms with E-state index in [9.17, 15) is 39.6 Å². The van der Waals surface area contributed by atoms with E-state index < -0.39 is 23.9 Å². The predicted octanol–water partition coefficient (Wildman–Crippen LogP) is 3.45. The van der Waals surface area contributed by atoms with Crippen molar-refractivity contribution >= 4 is 70.2 Å². The molecule has 0 amide bonds. The molecule has 0 aliphatic carbocycles. The van der Waals surface area contributed by atoms with Crippen molar-refractivity contribution in [3.05, 3.63) is 69.3 Å². The topological polar surface area (TPSA) is 207 Å². The third-order valence-electron chi connectivity index (χ3n) is 5.61. The quantitative estimate of drug-likeness (QED) is 0.179. The Hall–Kier alpha value is -4.90. The van der Waals surface area contributed by atoms with Crippen LogP contribution in [0.3, 0.4) is 0 Å². The molecule has 6 N–H and O–H groups in total. The molecular formula is C24H14N4O8Zn. The number of hydrogen-bond acceptors (Lipinski definition) is 6. The van der Waals surface area contributed by atoms with Crippen LogP contribution in [-0.4, -0.2) is 64.2 Å². The maximum Gasteiger partial charge on any atom is 0.340 e. The summed E-state index contributed by atoms with van der Waals surface area (Å²) in [6.07, 6.45) is 5.26. The molecule has 0 saturated heterocycles. The monoisotopic (exact) mass is 550 g/mol. The molecule has 0 spiro atoms. The smallest absolute Gasteiger partial charge is 0.340 e. The Bertz CT molecular complexity index is 1650. The number of carbonyl (C=O) groups is 4. The van der Waals surface area contributed by atoms with Crippen LogP contribution in [0.4, 0.5) is 0 Å². The van der Waals surface area contributed by atoms with Crippen molar-refractivity contribution in [2.45, 2.75) is 0 Å². The zero-order chi connectivity index (χ0) is 25.7. The molecule has 0 fully saturated rings. The van der Waals surface area contributed by atoms with E-state index in [0.29, 0.717) is 0 Å². The summed E-state index contributed by atoms with van der Waals surface area (Å²) in [7, 11) is 0. The summed E-state index contributed by atoms with van der Waals surface area (Å²) in [5.74, 6) is -5.50. The van der Waals surface area contributed by atoms with Gasteiger partial charge in [0.05, 0.1) is 44.8 Å². The van der Waals surface area contributed by atoms with E-state index in [1.54, 1.807) is 0 Å². The molecule has 5 heterocycles. The number of nitrogens with one attached hydrogen (secondary N) is 2. The molecule has 2 aliphatic rings. The van der Waals surface area contributed by atoms with Crippen molar-refractivity contribution in [2.75, 3.05) is 0 Å². The number of H-pyrrole nitrogens is 2. The van der Waals surface area contributed by atoms with Crippen LogP contribution in [-0.2, 0) is 19.5 Å². The zero-order valence-corrected chi connectivity index (χ0v) is 21.6. The van der Waals surface area contributed by atoms with E-state index in [-0.39, 0.29) is 86.6 Å². The van der Waals surface area contributed by atoms with E-state index in [0.717, 1.165) is 0 Å². The fourth-order valence-electron chi connectivity index (χ4n) is 4.11. The van der Waals surface area contributed by atoms with Crippen LogP contribution in [0.5, 0.6) is 0 Å². The van der Waals surface area contributed by atoms with Gasteiger partial charge in [0.2, 0.25) is 0 Å². The molecule has 8 bridgehead atoms. The van der Waals surface area contributed by atoms with Crippen LogP contribution >= 0.6 is 0 Å². The molecule has 0 atom stereocenters. The number of aromatic carboxylic acids is 4. The average molecular weight is 552 g/mol. The van der Waals surface area contributed by atoms with Gasteiger partial charge in [-0.1, -0.05) is 0 Å². The van der Waals surface area contributed by atoms with Gasteiger partial charge >= 0.3 is 23.9 Å². The Balaban J connectivity index is 0.00000320. The third-order valence-corrected chi connectivity index (χ3v) is 5.61. The molecule has 13 heteroatoms. The fraction of sp³-hybridized carbons (Fsp3) is 0. The van der Waals surface area contributed by atoms with Gasteiger partial charge in [-0.15, -0.1) is 0 Å². The molecule has 0 saturated carbocycles. The van der Waals surface area contributed by atoms with Gasteiger partial charge in [-0.05, 0) is 48.6 Å². The first-order chi connectivity index (χ1) is 17.2. The van der Waals surface area contributed by atoms with Gasteiger partial charge in [-0.3, -0.25) is 0 Å². The number of carboxylic acid groups (broad SMARTS) is 4. The molecule has 0 aromatic carbocycles. The minimum Gasteiger partial charge on any atom is -0.478 e. The van der Waals surface area contributed by atoms with Crippen molar-refractivity contribution < 1.29 is 59.1 Å². The largest absolute Gasteiger partial charge is 0.478 e. The number of aromatic nitrogens is 4. The summed E-state index contributed by atoms with van der Waals surface area (Å²) in [6, 6.07) is 5.45. The second-order valence-corrected chi connectivity index (χ2v) is 7.72. The van der Waals surface area contributed by atoms with Gasteiger partial charge in [-0.25, -0.2) is 29.1 Å².